The number of nitrogens with zero attached hydrogens (tertiary/aromatic N) is 2. The Bertz CT molecular complexity index is 1540. The summed E-state index contributed by atoms with van der Waals surface area (Å²) in [6.07, 6.45) is 1.60. The smallest absolute Gasteiger partial charge is 0.387 e. The molecule has 8 nitrogen and oxygen atoms in total. The van der Waals surface area contributed by atoms with E-state index in [0.717, 1.165) is 11.3 Å². The van der Waals surface area contributed by atoms with Gasteiger partial charge in [-0.2, -0.15) is 8.78 Å². The Labute approximate surface area is 214 Å². The number of esters is 1. The average molecular weight is 531 g/mol. The van der Waals surface area contributed by atoms with Crippen molar-refractivity contribution >= 4 is 23.4 Å². The Morgan fingerprint density at radius 3 is 2.62 bits per heavy atom. The Morgan fingerprint density at radius 1 is 1.16 bits per heavy atom. The van der Waals surface area contributed by atoms with Crippen LogP contribution in [-0.2, 0) is 9.53 Å². The number of methoxy groups -OCH3 is 2. The minimum atomic E-state index is -3.00. The molecule has 0 aliphatic carbocycles. The molecule has 2 aromatic carbocycles. The van der Waals surface area contributed by atoms with Gasteiger partial charge in [-0.3, -0.25) is 9.36 Å². The van der Waals surface area contributed by atoms with E-state index in [2.05, 4.69) is 9.73 Å². The maximum absolute atomic E-state index is 13.7. The third kappa shape index (κ3) is 5.26. The molecule has 0 saturated carbocycles. The van der Waals surface area contributed by atoms with Gasteiger partial charge < -0.3 is 18.9 Å². The molecule has 0 bridgehead atoms. The number of allylic oxidation sites excluding steroid dienone is 1. The van der Waals surface area contributed by atoms with Crippen LogP contribution in [-0.4, -0.2) is 38.0 Å². The molecule has 1 aliphatic heterocycles. The molecule has 0 fully saturated rings. The van der Waals surface area contributed by atoms with E-state index in [1.807, 2.05) is 0 Å². The van der Waals surface area contributed by atoms with E-state index in [1.54, 1.807) is 44.2 Å². The van der Waals surface area contributed by atoms with Crippen molar-refractivity contribution < 1.29 is 32.5 Å². The van der Waals surface area contributed by atoms with Crippen molar-refractivity contribution in [2.45, 2.75) is 26.5 Å². The number of thiazole rings is 1. The number of carbonyl (C=O) groups excluding carboxylic acids is 1. The van der Waals surface area contributed by atoms with Crippen LogP contribution in [0, 0.1) is 0 Å². The highest BCUT2D eigenvalue weighted by Gasteiger charge is 2.33. The molecule has 1 aliphatic rings. The van der Waals surface area contributed by atoms with Gasteiger partial charge in [0.2, 0.25) is 0 Å². The predicted octanol–water partition coefficient (Wildman–Crippen LogP) is 3.42. The number of rotatable bonds is 8. The molecule has 0 N–H and O–H groups in total. The van der Waals surface area contributed by atoms with E-state index >= 15 is 0 Å². The predicted molar refractivity (Wildman–Crippen MR) is 133 cm³/mol. The highest BCUT2D eigenvalue weighted by atomic mass is 32.1. The number of carbonyl (C=O) groups is 1. The minimum Gasteiger partial charge on any atom is -0.497 e. The summed E-state index contributed by atoms with van der Waals surface area (Å²) < 4.78 is 47.4. The molecule has 1 aromatic heterocycles. The van der Waals surface area contributed by atoms with Gasteiger partial charge in [-0.25, -0.2) is 9.79 Å². The second-order valence-electron chi connectivity index (χ2n) is 7.87. The number of aromatic nitrogens is 1. The summed E-state index contributed by atoms with van der Waals surface area (Å²) in [5, 5.41) is 0. The van der Waals surface area contributed by atoms with Gasteiger partial charge in [0.1, 0.15) is 5.75 Å². The van der Waals surface area contributed by atoms with Gasteiger partial charge >= 0.3 is 12.6 Å². The molecule has 2 heterocycles. The second kappa shape index (κ2) is 11.0. The molecule has 0 unspecified atom stereocenters. The van der Waals surface area contributed by atoms with Gasteiger partial charge in [0.25, 0.3) is 5.56 Å². The first-order chi connectivity index (χ1) is 17.8. The van der Waals surface area contributed by atoms with E-state index in [0.29, 0.717) is 31.9 Å². The summed E-state index contributed by atoms with van der Waals surface area (Å²) in [6, 6.07) is 10.7. The number of hydrogen-bond acceptors (Lipinski definition) is 8. The molecule has 1 atom stereocenters. The SMILES string of the molecule is CCOC(=O)C1=C(C)N=c2s/c(=C/c3ccc(OC(F)F)c(OC)c3)c(=O)n2[C@H]1c1cccc(OC)c1. The zero-order chi connectivity index (χ0) is 26.7. The maximum atomic E-state index is 13.7. The highest BCUT2D eigenvalue weighted by Crippen LogP contribution is 2.33. The highest BCUT2D eigenvalue weighted by molar-refractivity contribution is 7.07. The van der Waals surface area contributed by atoms with Gasteiger partial charge in [0, 0.05) is 0 Å². The van der Waals surface area contributed by atoms with Gasteiger partial charge in [0.15, 0.2) is 16.3 Å². The van der Waals surface area contributed by atoms with Crippen LogP contribution in [0.25, 0.3) is 6.08 Å². The van der Waals surface area contributed by atoms with Crippen LogP contribution in [0.1, 0.15) is 31.0 Å². The maximum Gasteiger partial charge on any atom is 0.387 e. The molecule has 0 radical (unpaired) electrons. The molecular formula is C26H24F2N2O6S. The standard InChI is InChI=1S/C26H24F2N2O6S/c1-5-35-24(32)21-14(2)29-26-30(22(21)16-7-6-8-17(13-16)33-3)23(31)20(37-26)12-15-9-10-18(36-25(27)28)19(11-15)34-4/h6-13,22,25H,5H2,1-4H3/b20-12+/t22-/m0/s1. The van der Waals surface area contributed by atoms with Crippen molar-refractivity contribution in [2.24, 2.45) is 4.99 Å². The lowest BCUT2D eigenvalue weighted by molar-refractivity contribution is -0.139. The van der Waals surface area contributed by atoms with Gasteiger partial charge in [-0.1, -0.05) is 29.5 Å². The number of ether oxygens (including phenoxy) is 4. The fourth-order valence-electron chi connectivity index (χ4n) is 4.04. The summed E-state index contributed by atoms with van der Waals surface area (Å²) in [4.78, 5) is 31.6. The van der Waals surface area contributed by atoms with Crippen LogP contribution in [0.2, 0.25) is 0 Å². The van der Waals surface area contributed by atoms with Crippen LogP contribution in [0.3, 0.4) is 0 Å². The Morgan fingerprint density at radius 2 is 1.95 bits per heavy atom. The van der Waals surface area contributed by atoms with Crippen LogP contribution < -0.4 is 29.1 Å². The summed E-state index contributed by atoms with van der Waals surface area (Å²) in [5.41, 5.74) is 1.50. The lowest BCUT2D eigenvalue weighted by atomic mass is 9.95. The molecular weight excluding hydrogens is 506 g/mol. The summed E-state index contributed by atoms with van der Waals surface area (Å²) in [5.74, 6) is -0.0266. The van der Waals surface area contributed by atoms with E-state index in [4.69, 9.17) is 14.2 Å². The molecule has 37 heavy (non-hydrogen) atoms. The number of alkyl halides is 2. The summed E-state index contributed by atoms with van der Waals surface area (Å²) in [7, 11) is 2.86. The number of halogens is 2. The first-order valence-electron chi connectivity index (χ1n) is 11.2. The molecule has 0 amide bonds. The van der Waals surface area contributed by atoms with Crippen LogP contribution in [0.5, 0.6) is 17.2 Å². The van der Waals surface area contributed by atoms with Crippen molar-refractivity contribution in [3.05, 3.63) is 84.5 Å². The number of benzene rings is 2. The van der Waals surface area contributed by atoms with E-state index in [1.165, 1.54) is 37.0 Å². The third-order valence-electron chi connectivity index (χ3n) is 5.63. The Kier molecular flexibility index (Phi) is 7.72. The molecule has 4 rings (SSSR count). The fraction of sp³-hybridized carbons (Fsp3) is 0.269. The topological polar surface area (TPSA) is 88.4 Å². The molecule has 11 heteroatoms. The van der Waals surface area contributed by atoms with Crippen molar-refractivity contribution in [3.8, 4) is 17.2 Å². The quantitative estimate of drug-likeness (QED) is 0.415. The van der Waals surface area contributed by atoms with Gasteiger partial charge in [-0.15, -0.1) is 0 Å². The van der Waals surface area contributed by atoms with Crippen molar-refractivity contribution in [1.82, 2.24) is 4.57 Å². The van der Waals surface area contributed by atoms with E-state index < -0.39 is 18.6 Å². The zero-order valence-corrected chi connectivity index (χ0v) is 21.3. The lowest BCUT2D eigenvalue weighted by Crippen LogP contribution is -2.39. The monoisotopic (exact) mass is 530 g/mol. The molecule has 194 valence electrons. The van der Waals surface area contributed by atoms with Crippen LogP contribution in [0.15, 0.2) is 63.5 Å². The Balaban J connectivity index is 1.89. The first kappa shape index (κ1) is 26.1. The number of fused-ring (bicyclic) bond motifs is 1. The molecule has 3 aromatic rings. The average Bonchev–Trinajstić information content (AvgIpc) is 3.18. The normalized spacial score (nSPS) is 15.3. The van der Waals surface area contributed by atoms with E-state index in [-0.39, 0.29) is 29.2 Å². The van der Waals surface area contributed by atoms with Gasteiger partial charge in [-0.05, 0) is 55.3 Å². The van der Waals surface area contributed by atoms with Crippen molar-refractivity contribution in [1.29, 1.82) is 0 Å². The second-order valence-corrected chi connectivity index (χ2v) is 8.88. The summed E-state index contributed by atoms with van der Waals surface area (Å²) >= 11 is 1.14. The van der Waals surface area contributed by atoms with Crippen molar-refractivity contribution in [3.63, 3.8) is 0 Å². The lowest BCUT2D eigenvalue weighted by Gasteiger charge is -2.25. The fourth-order valence-corrected chi connectivity index (χ4v) is 5.08. The largest absolute Gasteiger partial charge is 0.497 e. The first-order valence-corrected chi connectivity index (χ1v) is 12.1. The van der Waals surface area contributed by atoms with Crippen LogP contribution >= 0.6 is 11.3 Å². The Hall–Kier alpha value is -3.99. The van der Waals surface area contributed by atoms with Crippen LogP contribution in [0.4, 0.5) is 8.78 Å². The molecule has 0 saturated heterocycles. The summed E-state index contributed by atoms with van der Waals surface area (Å²) in [6.45, 7) is 0.563. The molecule has 0 spiro atoms. The van der Waals surface area contributed by atoms with E-state index in [9.17, 15) is 18.4 Å². The minimum absolute atomic E-state index is 0.0940. The van der Waals surface area contributed by atoms with Gasteiger partial charge in [0.05, 0.1) is 42.7 Å². The number of hydrogen-bond donors (Lipinski definition) is 0. The zero-order valence-electron chi connectivity index (χ0n) is 20.5. The third-order valence-corrected chi connectivity index (χ3v) is 6.61. The van der Waals surface area contributed by atoms with Crippen molar-refractivity contribution in [2.75, 3.05) is 20.8 Å².